The lowest BCUT2D eigenvalue weighted by Gasteiger charge is -2.31. The predicted octanol–water partition coefficient (Wildman–Crippen LogP) is 3.02. The van der Waals surface area contributed by atoms with E-state index in [0.29, 0.717) is 12.5 Å². The fraction of sp³-hybridized carbons (Fsp3) is 0.650. The summed E-state index contributed by atoms with van der Waals surface area (Å²) in [5, 5.41) is 14.5. The van der Waals surface area contributed by atoms with Gasteiger partial charge in [-0.2, -0.15) is 5.10 Å². The van der Waals surface area contributed by atoms with Crippen LogP contribution in [0.25, 0.3) is 0 Å². The number of likely N-dealkylation sites (tertiary alicyclic amines) is 1. The number of aliphatic imine (C=N–C) groups is 1. The van der Waals surface area contributed by atoms with Crippen molar-refractivity contribution in [1.82, 2.24) is 30.3 Å². The molecule has 3 rings (SSSR count). The van der Waals surface area contributed by atoms with Gasteiger partial charge in [0.1, 0.15) is 0 Å². The number of hydrogen-bond acceptors (Lipinski definition) is 5. The van der Waals surface area contributed by atoms with Gasteiger partial charge in [0.15, 0.2) is 5.96 Å². The molecule has 7 nitrogen and oxygen atoms in total. The Bertz CT molecular complexity index is 750. The van der Waals surface area contributed by atoms with Gasteiger partial charge < -0.3 is 10.6 Å². The third-order valence-electron chi connectivity index (χ3n) is 5.22. The molecular formula is C20H34IN7S. The van der Waals surface area contributed by atoms with E-state index in [9.17, 15) is 0 Å². The molecule has 0 amide bonds. The zero-order valence-corrected chi connectivity index (χ0v) is 20.9. The van der Waals surface area contributed by atoms with Crippen LogP contribution >= 0.6 is 35.3 Å². The SMILES string of the molecule is CCNC(=NCc1ccnn1C)NCC1CCN(Cc2csc(CC)n2)CC1.I. The minimum Gasteiger partial charge on any atom is -0.357 e. The number of halogens is 1. The Morgan fingerprint density at radius 2 is 2.07 bits per heavy atom. The fourth-order valence-corrected chi connectivity index (χ4v) is 4.20. The Hall–Kier alpha value is -1.20. The number of aromatic nitrogens is 3. The van der Waals surface area contributed by atoms with E-state index in [-0.39, 0.29) is 24.0 Å². The van der Waals surface area contributed by atoms with Gasteiger partial charge in [-0.3, -0.25) is 9.58 Å². The first-order valence-corrected chi connectivity index (χ1v) is 11.2. The molecule has 9 heteroatoms. The standard InChI is InChI=1S/C20H33N7S.HI/c1-4-19-25-17(15-28-19)14-27-10-7-16(8-11-27)12-22-20(21-5-2)23-13-18-6-9-24-26(18)3;/h6,9,15-16H,4-5,7-8,10-14H2,1-3H3,(H2,21,22,23);1H. The largest absolute Gasteiger partial charge is 0.357 e. The minimum atomic E-state index is 0. The van der Waals surface area contributed by atoms with E-state index in [2.05, 4.69) is 39.9 Å². The van der Waals surface area contributed by atoms with E-state index in [0.717, 1.165) is 50.8 Å². The predicted molar refractivity (Wildman–Crippen MR) is 131 cm³/mol. The molecule has 162 valence electrons. The average molecular weight is 532 g/mol. The van der Waals surface area contributed by atoms with Gasteiger partial charge in [-0.15, -0.1) is 35.3 Å². The molecule has 2 aromatic rings. The van der Waals surface area contributed by atoms with Gasteiger partial charge in [-0.25, -0.2) is 9.98 Å². The molecule has 2 aromatic heterocycles. The Labute approximate surface area is 195 Å². The highest BCUT2D eigenvalue weighted by atomic mass is 127. The molecule has 0 bridgehead atoms. The fourth-order valence-electron chi connectivity index (χ4n) is 3.46. The Kier molecular flexibility index (Phi) is 10.4. The van der Waals surface area contributed by atoms with Crippen LogP contribution in [0.4, 0.5) is 0 Å². The molecule has 1 fully saturated rings. The van der Waals surface area contributed by atoms with Crippen molar-refractivity contribution < 1.29 is 0 Å². The average Bonchev–Trinajstić information content (AvgIpc) is 3.33. The van der Waals surface area contributed by atoms with Crippen molar-refractivity contribution in [3.05, 3.63) is 34.0 Å². The molecule has 3 heterocycles. The normalized spacial score (nSPS) is 15.9. The monoisotopic (exact) mass is 531 g/mol. The van der Waals surface area contributed by atoms with Gasteiger partial charge in [-0.1, -0.05) is 6.92 Å². The third kappa shape index (κ3) is 7.53. The smallest absolute Gasteiger partial charge is 0.191 e. The summed E-state index contributed by atoms with van der Waals surface area (Å²) in [6.07, 6.45) is 5.29. The van der Waals surface area contributed by atoms with Crippen LogP contribution < -0.4 is 10.6 Å². The van der Waals surface area contributed by atoms with E-state index in [1.54, 1.807) is 11.3 Å². The van der Waals surface area contributed by atoms with E-state index in [4.69, 9.17) is 9.98 Å². The number of guanidine groups is 1. The van der Waals surface area contributed by atoms with Gasteiger partial charge in [-0.05, 0) is 51.3 Å². The summed E-state index contributed by atoms with van der Waals surface area (Å²) in [4.78, 5) is 11.9. The number of piperidine rings is 1. The maximum atomic E-state index is 4.70. The number of nitrogens with zero attached hydrogens (tertiary/aromatic N) is 5. The van der Waals surface area contributed by atoms with Crippen LogP contribution in [0.5, 0.6) is 0 Å². The Balaban J connectivity index is 0.00000300. The Morgan fingerprint density at radius 3 is 2.69 bits per heavy atom. The zero-order valence-electron chi connectivity index (χ0n) is 17.7. The highest BCUT2D eigenvalue weighted by Crippen LogP contribution is 2.19. The second-order valence-corrected chi connectivity index (χ2v) is 8.27. The molecule has 1 aliphatic heterocycles. The summed E-state index contributed by atoms with van der Waals surface area (Å²) in [6, 6.07) is 2.01. The first kappa shape index (κ1) is 24.1. The second kappa shape index (κ2) is 12.5. The van der Waals surface area contributed by atoms with Crippen molar-refractivity contribution in [2.45, 2.75) is 46.2 Å². The second-order valence-electron chi connectivity index (χ2n) is 7.33. The Morgan fingerprint density at radius 1 is 1.28 bits per heavy atom. The quantitative estimate of drug-likeness (QED) is 0.312. The molecule has 29 heavy (non-hydrogen) atoms. The molecule has 2 N–H and O–H groups in total. The van der Waals surface area contributed by atoms with Crippen LogP contribution in [-0.4, -0.2) is 51.8 Å². The van der Waals surface area contributed by atoms with Gasteiger partial charge in [0.05, 0.1) is 22.9 Å². The molecule has 0 radical (unpaired) electrons. The number of thiazole rings is 1. The number of rotatable bonds is 8. The van der Waals surface area contributed by atoms with E-state index in [1.165, 1.54) is 23.5 Å². The molecule has 1 saturated heterocycles. The molecule has 0 spiro atoms. The lowest BCUT2D eigenvalue weighted by atomic mass is 9.97. The molecular weight excluding hydrogens is 497 g/mol. The van der Waals surface area contributed by atoms with Crippen molar-refractivity contribution in [3.8, 4) is 0 Å². The topological polar surface area (TPSA) is 70.4 Å². The van der Waals surface area contributed by atoms with Crippen molar-refractivity contribution in [2.24, 2.45) is 18.0 Å². The number of nitrogens with one attached hydrogen (secondary N) is 2. The lowest BCUT2D eigenvalue weighted by molar-refractivity contribution is 0.176. The van der Waals surface area contributed by atoms with Crippen molar-refractivity contribution >= 4 is 41.3 Å². The third-order valence-corrected chi connectivity index (χ3v) is 6.26. The van der Waals surface area contributed by atoms with Crippen molar-refractivity contribution in [3.63, 3.8) is 0 Å². The summed E-state index contributed by atoms with van der Waals surface area (Å²) in [5.41, 5.74) is 2.34. The molecule has 1 aliphatic rings. The summed E-state index contributed by atoms with van der Waals surface area (Å²) < 4.78 is 1.87. The van der Waals surface area contributed by atoms with Crippen LogP contribution in [0.1, 0.15) is 43.1 Å². The summed E-state index contributed by atoms with van der Waals surface area (Å²) in [6.45, 7) is 10.0. The van der Waals surface area contributed by atoms with Crippen LogP contribution in [-0.2, 0) is 26.6 Å². The zero-order chi connectivity index (χ0) is 19.8. The molecule has 0 unspecified atom stereocenters. The van der Waals surface area contributed by atoms with E-state index < -0.39 is 0 Å². The van der Waals surface area contributed by atoms with Gasteiger partial charge >= 0.3 is 0 Å². The first-order valence-electron chi connectivity index (χ1n) is 10.3. The maximum Gasteiger partial charge on any atom is 0.191 e. The summed E-state index contributed by atoms with van der Waals surface area (Å²) in [7, 11) is 1.95. The van der Waals surface area contributed by atoms with Crippen LogP contribution in [0.2, 0.25) is 0 Å². The molecule has 0 aliphatic carbocycles. The van der Waals surface area contributed by atoms with E-state index in [1.807, 2.05) is 24.0 Å². The van der Waals surface area contributed by atoms with Crippen LogP contribution in [0.3, 0.4) is 0 Å². The van der Waals surface area contributed by atoms with Crippen LogP contribution in [0, 0.1) is 5.92 Å². The summed E-state index contributed by atoms with van der Waals surface area (Å²) >= 11 is 1.79. The summed E-state index contributed by atoms with van der Waals surface area (Å²) in [5.74, 6) is 1.58. The highest BCUT2D eigenvalue weighted by molar-refractivity contribution is 14.0. The van der Waals surface area contributed by atoms with Gasteiger partial charge in [0.2, 0.25) is 0 Å². The molecule has 0 atom stereocenters. The van der Waals surface area contributed by atoms with Crippen LogP contribution in [0.15, 0.2) is 22.6 Å². The van der Waals surface area contributed by atoms with Gasteiger partial charge in [0, 0.05) is 38.3 Å². The minimum absolute atomic E-state index is 0. The van der Waals surface area contributed by atoms with E-state index >= 15 is 0 Å². The maximum absolute atomic E-state index is 4.70. The van der Waals surface area contributed by atoms with Crippen molar-refractivity contribution in [1.29, 1.82) is 0 Å². The highest BCUT2D eigenvalue weighted by Gasteiger charge is 2.20. The molecule has 0 saturated carbocycles. The molecule has 0 aromatic carbocycles. The lowest BCUT2D eigenvalue weighted by Crippen LogP contribution is -2.42. The van der Waals surface area contributed by atoms with Crippen molar-refractivity contribution in [2.75, 3.05) is 26.2 Å². The van der Waals surface area contributed by atoms with Gasteiger partial charge in [0.25, 0.3) is 0 Å². The first-order chi connectivity index (χ1) is 13.7. The number of hydrogen-bond donors (Lipinski definition) is 2. The number of aryl methyl sites for hydroxylation is 2.